The molecule has 0 spiro atoms. The third-order valence-corrected chi connectivity index (χ3v) is 4.15. The van der Waals surface area contributed by atoms with E-state index in [0.29, 0.717) is 0 Å². The van der Waals surface area contributed by atoms with Gasteiger partial charge in [-0.2, -0.15) is 11.8 Å². The second-order valence-corrected chi connectivity index (χ2v) is 5.80. The van der Waals surface area contributed by atoms with Crippen LogP contribution in [-0.4, -0.2) is 34.7 Å². The fourth-order valence-electron chi connectivity index (χ4n) is 1.36. The van der Waals surface area contributed by atoms with Crippen molar-refractivity contribution in [1.82, 2.24) is 10.3 Å². The molecule has 16 heavy (non-hydrogen) atoms. The molecule has 0 amide bonds. The molecule has 0 aliphatic carbocycles. The highest BCUT2D eigenvalue weighted by Gasteiger charge is 2.07. The zero-order valence-electron chi connectivity index (χ0n) is 9.90. The third kappa shape index (κ3) is 4.82. The number of hydrogen-bond acceptors (Lipinski definition) is 5. The molecule has 1 heterocycles. The van der Waals surface area contributed by atoms with Gasteiger partial charge in [0.2, 0.25) is 0 Å². The maximum atomic E-state index is 9.20. The molecule has 0 fully saturated rings. The minimum atomic E-state index is 0.208. The Kier molecular flexibility index (Phi) is 7.03. The maximum Gasteiger partial charge on any atom is 0.0925 e. The molecular weight excluding hydrogens is 240 g/mol. The van der Waals surface area contributed by atoms with E-state index in [9.17, 15) is 5.11 Å². The van der Waals surface area contributed by atoms with E-state index in [1.165, 1.54) is 9.88 Å². The van der Waals surface area contributed by atoms with E-state index in [0.717, 1.165) is 25.1 Å². The van der Waals surface area contributed by atoms with Crippen molar-refractivity contribution in [2.75, 3.05) is 18.6 Å². The van der Waals surface area contributed by atoms with Crippen molar-refractivity contribution in [2.45, 2.75) is 32.4 Å². The quantitative estimate of drug-likeness (QED) is 0.749. The number of rotatable bonds is 8. The van der Waals surface area contributed by atoms with Crippen LogP contribution in [0.2, 0.25) is 0 Å². The number of aliphatic hydroxyl groups is 1. The van der Waals surface area contributed by atoms with Crippen molar-refractivity contribution < 1.29 is 5.11 Å². The van der Waals surface area contributed by atoms with E-state index in [1.807, 2.05) is 18.0 Å². The number of aryl methyl sites for hydroxylation is 1. The largest absolute Gasteiger partial charge is 0.395 e. The number of thiazole rings is 1. The van der Waals surface area contributed by atoms with Crippen LogP contribution in [0.3, 0.4) is 0 Å². The van der Waals surface area contributed by atoms with Crippen molar-refractivity contribution in [3.05, 3.63) is 16.1 Å². The van der Waals surface area contributed by atoms with Gasteiger partial charge in [0.25, 0.3) is 0 Å². The minimum absolute atomic E-state index is 0.208. The Morgan fingerprint density at radius 1 is 1.62 bits per heavy atom. The number of aliphatic hydroxyl groups excluding tert-OH is 1. The van der Waals surface area contributed by atoms with E-state index < -0.39 is 0 Å². The summed E-state index contributed by atoms with van der Waals surface area (Å²) in [5.41, 5.74) is 0. The topological polar surface area (TPSA) is 45.2 Å². The van der Waals surface area contributed by atoms with Gasteiger partial charge < -0.3 is 10.4 Å². The van der Waals surface area contributed by atoms with Gasteiger partial charge in [-0.1, -0.05) is 6.92 Å². The number of hydrogen-bond donors (Lipinski definition) is 2. The molecule has 0 aromatic carbocycles. The Morgan fingerprint density at radius 3 is 3.00 bits per heavy atom. The van der Waals surface area contributed by atoms with Gasteiger partial charge in [-0.25, -0.2) is 4.98 Å². The molecule has 5 heteroatoms. The molecule has 1 atom stereocenters. The molecule has 92 valence electrons. The molecule has 3 nitrogen and oxygen atoms in total. The van der Waals surface area contributed by atoms with Gasteiger partial charge in [0.15, 0.2) is 0 Å². The van der Waals surface area contributed by atoms with Crippen LogP contribution >= 0.6 is 23.1 Å². The molecule has 0 saturated carbocycles. The van der Waals surface area contributed by atoms with Gasteiger partial charge in [0.05, 0.1) is 11.6 Å². The summed E-state index contributed by atoms with van der Waals surface area (Å²) in [6.07, 6.45) is 6.03. The zero-order chi connectivity index (χ0) is 11.8. The Balaban J connectivity index is 2.31. The van der Waals surface area contributed by atoms with Gasteiger partial charge >= 0.3 is 0 Å². The maximum absolute atomic E-state index is 9.20. The van der Waals surface area contributed by atoms with E-state index in [-0.39, 0.29) is 12.6 Å². The van der Waals surface area contributed by atoms with Gasteiger partial charge in [0.1, 0.15) is 0 Å². The zero-order valence-corrected chi connectivity index (χ0v) is 11.5. The summed E-state index contributed by atoms with van der Waals surface area (Å²) in [6.45, 7) is 3.14. The molecule has 1 aromatic rings. The average Bonchev–Trinajstić information content (AvgIpc) is 2.77. The summed E-state index contributed by atoms with van der Waals surface area (Å²) >= 11 is 3.56. The Hall–Kier alpha value is -0.100. The van der Waals surface area contributed by atoms with Gasteiger partial charge in [-0.05, 0) is 24.9 Å². The Morgan fingerprint density at radius 2 is 2.44 bits per heavy atom. The normalized spacial score (nSPS) is 12.9. The second-order valence-electron chi connectivity index (χ2n) is 3.62. The van der Waals surface area contributed by atoms with E-state index in [4.69, 9.17) is 0 Å². The van der Waals surface area contributed by atoms with Crippen molar-refractivity contribution in [2.24, 2.45) is 0 Å². The molecular formula is C11H20N2OS2. The van der Waals surface area contributed by atoms with Gasteiger partial charge in [-0.3, -0.25) is 0 Å². The lowest BCUT2D eigenvalue weighted by Crippen LogP contribution is -2.32. The van der Waals surface area contributed by atoms with Crippen molar-refractivity contribution >= 4 is 23.1 Å². The van der Waals surface area contributed by atoms with Crippen LogP contribution in [0, 0.1) is 0 Å². The van der Waals surface area contributed by atoms with Gasteiger partial charge in [-0.15, -0.1) is 11.3 Å². The molecule has 0 aliphatic rings. The van der Waals surface area contributed by atoms with Crippen LogP contribution in [0.5, 0.6) is 0 Å². The number of aromatic nitrogens is 1. The molecule has 0 saturated heterocycles. The predicted octanol–water partition coefficient (Wildman–Crippen LogP) is 1.91. The molecule has 0 radical (unpaired) electrons. The van der Waals surface area contributed by atoms with E-state index in [2.05, 4.69) is 23.5 Å². The summed E-state index contributed by atoms with van der Waals surface area (Å²) in [4.78, 5) is 5.56. The van der Waals surface area contributed by atoms with Crippen LogP contribution in [-0.2, 0) is 13.0 Å². The second kappa shape index (κ2) is 8.06. The summed E-state index contributed by atoms with van der Waals surface area (Å²) in [5.74, 6) is 1.08. The van der Waals surface area contributed by atoms with Crippen LogP contribution in [0.15, 0.2) is 6.20 Å². The van der Waals surface area contributed by atoms with Crippen LogP contribution in [0.25, 0.3) is 0 Å². The fourth-order valence-corrected chi connectivity index (χ4v) is 2.69. The Labute approximate surface area is 106 Å². The first-order valence-electron chi connectivity index (χ1n) is 5.56. The molecule has 1 unspecified atom stereocenters. The smallest absolute Gasteiger partial charge is 0.0925 e. The number of nitrogens with one attached hydrogen (secondary N) is 1. The average molecular weight is 260 g/mol. The van der Waals surface area contributed by atoms with Crippen molar-refractivity contribution in [1.29, 1.82) is 0 Å². The van der Waals surface area contributed by atoms with Crippen LogP contribution in [0.1, 0.15) is 23.2 Å². The molecule has 0 bridgehead atoms. The first-order valence-corrected chi connectivity index (χ1v) is 7.78. The lowest BCUT2D eigenvalue weighted by Gasteiger charge is -2.14. The molecule has 0 aliphatic heterocycles. The summed E-state index contributed by atoms with van der Waals surface area (Å²) in [7, 11) is 0. The summed E-state index contributed by atoms with van der Waals surface area (Å²) in [5, 5.41) is 13.7. The summed E-state index contributed by atoms with van der Waals surface area (Å²) in [6, 6.07) is 0.208. The molecule has 2 N–H and O–H groups in total. The van der Waals surface area contributed by atoms with E-state index in [1.54, 1.807) is 11.3 Å². The predicted molar refractivity (Wildman–Crippen MR) is 72.2 cm³/mol. The third-order valence-electron chi connectivity index (χ3n) is 2.36. The SMILES string of the molecule is CCc1ncc(CNC(CO)CCSC)s1. The van der Waals surface area contributed by atoms with Gasteiger partial charge in [0, 0.05) is 23.7 Å². The monoisotopic (exact) mass is 260 g/mol. The minimum Gasteiger partial charge on any atom is -0.395 e. The first-order chi connectivity index (χ1) is 7.80. The van der Waals surface area contributed by atoms with Crippen molar-refractivity contribution in [3.63, 3.8) is 0 Å². The lowest BCUT2D eigenvalue weighted by molar-refractivity contribution is 0.239. The Bertz CT molecular complexity index is 291. The number of nitrogens with zero attached hydrogens (tertiary/aromatic N) is 1. The molecule has 1 aromatic heterocycles. The first kappa shape index (κ1) is 14.0. The van der Waals surface area contributed by atoms with Crippen LogP contribution in [0.4, 0.5) is 0 Å². The highest BCUT2D eigenvalue weighted by atomic mass is 32.2. The lowest BCUT2D eigenvalue weighted by atomic mass is 10.2. The number of thioether (sulfide) groups is 1. The highest BCUT2D eigenvalue weighted by Crippen LogP contribution is 2.13. The molecule has 1 rings (SSSR count). The van der Waals surface area contributed by atoms with Crippen molar-refractivity contribution in [3.8, 4) is 0 Å². The van der Waals surface area contributed by atoms with E-state index >= 15 is 0 Å². The standard InChI is InChI=1S/C11H20N2OS2/c1-3-11-13-7-10(16-11)6-12-9(8-14)4-5-15-2/h7,9,12,14H,3-6,8H2,1-2H3. The van der Waals surface area contributed by atoms with Crippen LogP contribution < -0.4 is 5.32 Å². The summed E-state index contributed by atoms with van der Waals surface area (Å²) < 4.78 is 0. The highest BCUT2D eigenvalue weighted by molar-refractivity contribution is 7.98. The fraction of sp³-hybridized carbons (Fsp3) is 0.727.